The molecular formula is C7H11BrN4O2S. The van der Waals surface area contributed by atoms with Gasteiger partial charge in [0.2, 0.25) is 16.0 Å². The fraction of sp³-hybridized carbons (Fsp3) is 0.429. The normalized spacial score (nSPS) is 11.3. The van der Waals surface area contributed by atoms with Crippen LogP contribution in [0.4, 0.5) is 5.95 Å². The van der Waals surface area contributed by atoms with E-state index in [9.17, 15) is 8.42 Å². The van der Waals surface area contributed by atoms with Gasteiger partial charge in [0.05, 0.1) is 10.2 Å². The Labute approximate surface area is 96.5 Å². The fourth-order valence-corrected chi connectivity index (χ4v) is 1.63. The standard InChI is InChI=1S/C7H11BrN4O2S/c8-6-4-11-7(12-5-6)10-2-1-3-15(9,13)14/h4-5H,1-3H2,(H2,9,13,14)(H,10,11,12). The van der Waals surface area contributed by atoms with Gasteiger partial charge in [0.15, 0.2) is 0 Å². The number of anilines is 1. The molecule has 0 aliphatic rings. The van der Waals surface area contributed by atoms with Gasteiger partial charge in [-0.25, -0.2) is 23.5 Å². The fourth-order valence-electron chi connectivity index (χ4n) is 0.877. The molecule has 0 spiro atoms. The van der Waals surface area contributed by atoms with Crippen molar-refractivity contribution in [1.29, 1.82) is 0 Å². The summed E-state index contributed by atoms with van der Waals surface area (Å²) in [5, 5.41) is 7.72. The molecule has 1 heterocycles. The van der Waals surface area contributed by atoms with Gasteiger partial charge in [-0.05, 0) is 22.4 Å². The van der Waals surface area contributed by atoms with Gasteiger partial charge in [0, 0.05) is 18.9 Å². The first kappa shape index (κ1) is 12.3. The van der Waals surface area contributed by atoms with E-state index < -0.39 is 10.0 Å². The Hall–Kier alpha value is -0.730. The van der Waals surface area contributed by atoms with E-state index in [-0.39, 0.29) is 5.75 Å². The minimum absolute atomic E-state index is 0.0451. The summed E-state index contributed by atoms with van der Waals surface area (Å²) in [6, 6.07) is 0. The summed E-state index contributed by atoms with van der Waals surface area (Å²) in [6.07, 6.45) is 3.64. The molecule has 0 aromatic carbocycles. The maximum absolute atomic E-state index is 10.6. The topological polar surface area (TPSA) is 98.0 Å². The van der Waals surface area contributed by atoms with Crippen LogP contribution in [-0.2, 0) is 10.0 Å². The van der Waals surface area contributed by atoms with E-state index in [0.717, 1.165) is 4.47 Å². The third kappa shape index (κ3) is 5.65. The molecular weight excluding hydrogens is 284 g/mol. The quantitative estimate of drug-likeness (QED) is 0.763. The van der Waals surface area contributed by atoms with E-state index >= 15 is 0 Å². The molecule has 0 radical (unpaired) electrons. The molecule has 0 unspecified atom stereocenters. The van der Waals surface area contributed by atoms with Crippen molar-refractivity contribution in [2.45, 2.75) is 6.42 Å². The molecule has 0 saturated carbocycles. The zero-order valence-corrected chi connectivity index (χ0v) is 10.3. The molecule has 0 fully saturated rings. The lowest BCUT2D eigenvalue weighted by Crippen LogP contribution is -2.19. The number of sulfonamides is 1. The van der Waals surface area contributed by atoms with E-state index in [1.807, 2.05) is 0 Å². The molecule has 1 aromatic rings. The number of hydrogen-bond acceptors (Lipinski definition) is 5. The van der Waals surface area contributed by atoms with Crippen LogP contribution in [0, 0.1) is 0 Å². The maximum atomic E-state index is 10.6. The van der Waals surface area contributed by atoms with Crippen LogP contribution in [0.25, 0.3) is 0 Å². The van der Waals surface area contributed by atoms with Crippen molar-refractivity contribution in [3.63, 3.8) is 0 Å². The van der Waals surface area contributed by atoms with Crippen LogP contribution in [0.5, 0.6) is 0 Å². The second kappa shape index (κ2) is 5.38. The van der Waals surface area contributed by atoms with Gasteiger partial charge in [-0.3, -0.25) is 0 Å². The highest BCUT2D eigenvalue weighted by Crippen LogP contribution is 2.06. The van der Waals surface area contributed by atoms with Crippen molar-refractivity contribution < 1.29 is 8.42 Å². The number of aromatic nitrogens is 2. The predicted molar refractivity (Wildman–Crippen MR) is 60.8 cm³/mol. The lowest BCUT2D eigenvalue weighted by Gasteiger charge is -2.03. The summed E-state index contributed by atoms with van der Waals surface area (Å²) in [7, 11) is -3.37. The second-order valence-corrected chi connectivity index (χ2v) is 5.52. The van der Waals surface area contributed by atoms with Gasteiger partial charge in [-0.1, -0.05) is 0 Å². The van der Waals surface area contributed by atoms with Gasteiger partial charge in [0.25, 0.3) is 0 Å². The second-order valence-electron chi connectivity index (χ2n) is 2.87. The molecule has 0 bridgehead atoms. The molecule has 6 nitrogen and oxygen atoms in total. The highest BCUT2D eigenvalue weighted by Gasteiger charge is 2.01. The van der Waals surface area contributed by atoms with Crippen molar-refractivity contribution >= 4 is 31.9 Å². The first-order chi connectivity index (χ1) is 6.97. The van der Waals surface area contributed by atoms with Crippen LogP contribution in [0.2, 0.25) is 0 Å². The monoisotopic (exact) mass is 294 g/mol. The van der Waals surface area contributed by atoms with Crippen LogP contribution >= 0.6 is 15.9 Å². The molecule has 0 saturated heterocycles. The largest absolute Gasteiger partial charge is 0.354 e. The third-order valence-electron chi connectivity index (χ3n) is 1.51. The molecule has 3 N–H and O–H groups in total. The summed E-state index contributed by atoms with van der Waals surface area (Å²) in [6.45, 7) is 0.470. The molecule has 15 heavy (non-hydrogen) atoms. The van der Waals surface area contributed by atoms with Gasteiger partial charge in [0.1, 0.15) is 0 Å². The third-order valence-corrected chi connectivity index (χ3v) is 2.78. The molecule has 0 aliphatic heterocycles. The molecule has 0 aliphatic carbocycles. The number of nitrogens with two attached hydrogens (primary N) is 1. The maximum Gasteiger partial charge on any atom is 0.222 e. The molecule has 0 atom stereocenters. The van der Waals surface area contributed by atoms with E-state index in [4.69, 9.17) is 5.14 Å². The average molecular weight is 295 g/mol. The van der Waals surface area contributed by atoms with Crippen LogP contribution < -0.4 is 10.5 Å². The van der Waals surface area contributed by atoms with Crippen molar-refractivity contribution in [3.05, 3.63) is 16.9 Å². The summed E-state index contributed by atoms with van der Waals surface area (Å²) >= 11 is 3.20. The Morgan fingerprint density at radius 2 is 2.00 bits per heavy atom. The van der Waals surface area contributed by atoms with Crippen molar-refractivity contribution in [1.82, 2.24) is 9.97 Å². The minimum atomic E-state index is -3.37. The van der Waals surface area contributed by atoms with E-state index in [2.05, 4.69) is 31.2 Å². The van der Waals surface area contributed by atoms with Crippen LogP contribution in [-0.4, -0.2) is 30.7 Å². The van der Waals surface area contributed by atoms with Crippen molar-refractivity contribution in [3.8, 4) is 0 Å². The Morgan fingerprint density at radius 1 is 1.40 bits per heavy atom. The summed E-state index contributed by atoms with van der Waals surface area (Å²) in [5.41, 5.74) is 0. The van der Waals surface area contributed by atoms with E-state index in [0.29, 0.717) is 18.9 Å². The first-order valence-corrected chi connectivity index (χ1v) is 6.70. The smallest absolute Gasteiger partial charge is 0.222 e. The number of nitrogens with one attached hydrogen (secondary N) is 1. The van der Waals surface area contributed by atoms with Crippen LogP contribution in [0.3, 0.4) is 0 Å². The highest BCUT2D eigenvalue weighted by molar-refractivity contribution is 9.10. The Morgan fingerprint density at radius 3 is 2.53 bits per heavy atom. The Bertz CT molecular complexity index is 406. The van der Waals surface area contributed by atoms with Crippen LogP contribution in [0.1, 0.15) is 6.42 Å². The van der Waals surface area contributed by atoms with E-state index in [1.165, 1.54) is 0 Å². The Balaban J connectivity index is 2.29. The van der Waals surface area contributed by atoms with Crippen molar-refractivity contribution in [2.75, 3.05) is 17.6 Å². The van der Waals surface area contributed by atoms with Gasteiger partial charge in [-0.2, -0.15) is 0 Å². The number of halogens is 1. The zero-order valence-electron chi connectivity index (χ0n) is 7.85. The lowest BCUT2D eigenvalue weighted by molar-refractivity contribution is 0.595. The van der Waals surface area contributed by atoms with Gasteiger partial charge in [-0.15, -0.1) is 0 Å². The molecule has 84 valence electrons. The molecule has 1 rings (SSSR count). The number of rotatable bonds is 5. The SMILES string of the molecule is NS(=O)(=O)CCCNc1ncc(Br)cn1. The first-order valence-electron chi connectivity index (χ1n) is 4.19. The number of nitrogens with zero attached hydrogens (tertiary/aromatic N) is 2. The predicted octanol–water partition coefficient (Wildman–Crippen LogP) is 0.330. The van der Waals surface area contributed by atoms with E-state index in [1.54, 1.807) is 12.4 Å². The van der Waals surface area contributed by atoms with Crippen LogP contribution in [0.15, 0.2) is 16.9 Å². The molecule has 1 aromatic heterocycles. The summed E-state index contributed by atoms with van der Waals surface area (Å²) in [4.78, 5) is 7.92. The average Bonchev–Trinajstić information content (AvgIpc) is 2.14. The zero-order chi connectivity index (χ0) is 11.3. The molecule has 8 heteroatoms. The summed E-state index contributed by atoms with van der Waals surface area (Å²) in [5.74, 6) is 0.420. The van der Waals surface area contributed by atoms with Gasteiger partial charge >= 0.3 is 0 Å². The van der Waals surface area contributed by atoms with Crippen molar-refractivity contribution in [2.24, 2.45) is 5.14 Å². The number of primary sulfonamides is 1. The summed E-state index contributed by atoms with van der Waals surface area (Å²) < 4.78 is 22.0. The molecule has 0 amide bonds. The lowest BCUT2D eigenvalue weighted by atomic mass is 10.5. The Kier molecular flexibility index (Phi) is 4.43. The highest BCUT2D eigenvalue weighted by atomic mass is 79.9. The minimum Gasteiger partial charge on any atom is -0.354 e. The number of hydrogen-bond donors (Lipinski definition) is 2. The van der Waals surface area contributed by atoms with Gasteiger partial charge < -0.3 is 5.32 Å².